The first-order chi connectivity index (χ1) is 12.0. The van der Waals surface area contributed by atoms with Crippen LogP contribution in [0.2, 0.25) is 0 Å². The normalized spacial score (nSPS) is 13.6. The summed E-state index contributed by atoms with van der Waals surface area (Å²) >= 11 is 0. The summed E-state index contributed by atoms with van der Waals surface area (Å²) in [5, 5.41) is 2.77. The number of likely N-dealkylation sites (tertiary alicyclic amines) is 1. The molecule has 1 N–H and O–H groups in total. The van der Waals surface area contributed by atoms with Crippen LogP contribution < -0.4 is 5.32 Å². The smallest absolute Gasteiger partial charge is 0.255 e. The fourth-order valence-corrected chi connectivity index (χ4v) is 2.89. The van der Waals surface area contributed by atoms with Crippen LogP contribution in [0.4, 0.5) is 5.69 Å². The Morgan fingerprint density at radius 2 is 1.52 bits per heavy atom. The van der Waals surface area contributed by atoms with Crippen molar-refractivity contribution in [3.8, 4) is 0 Å². The van der Waals surface area contributed by atoms with E-state index >= 15 is 0 Å². The van der Waals surface area contributed by atoms with Crippen LogP contribution in [0.25, 0.3) is 0 Å². The molecule has 1 aliphatic rings. The molecule has 3 rings (SSSR count). The highest BCUT2D eigenvalue weighted by Crippen LogP contribution is 2.16. The number of nitrogens with one attached hydrogen (secondary N) is 1. The quantitative estimate of drug-likeness (QED) is 0.871. The number of hydrogen-bond donors (Lipinski definition) is 1. The monoisotopic (exact) mass is 336 g/mol. The fourth-order valence-electron chi connectivity index (χ4n) is 2.89. The molecule has 0 spiro atoms. The molecule has 25 heavy (non-hydrogen) atoms. The average Bonchev–Trinajstić information content (AvgIpc) is 3.16. The molecule has 1 heterocycles. The molecule has 2 aromatic rings. The van der Waals surface area contributed by atoms with Gasteiger partial charge in [0.25, 0.3) is 11.8 Å². The largest absolute Gasteiger partial charge is 0.339 e. The topological polar surface area (TPSA) is 66.5 Å². The minimum atomic E-state index is -0.277. The van der Waals surface area contributed by atoms with Gasteiger partial charge in [0.2, 0.25) is 0 Å². The van der Waals surface area contributed by atoms with E-state index in [1.165, 1.54) is 6.92 Å². The summed E-state index contributed by atoms with van der Waals surface area (Å²) in [6.45, 7) is 3.08. The maximum Gasteiger partial charge on any atom is 0.255 e. The number of carbonyl (C=O) groups excluding carboxylic acids is 3. The fraction of sp³-hybridized carbons (Fsp3) is 0.250. The zero-order valence-corrected chi connectivity index (χ0v) is 14.1. The van der Waals surface area contributed by atoms with E-state index in [2.05, 4.69) is 5.32 Å². The maximum atomic E-state index is 12.3. The molecule has 1 fully saturated rings. The first-order valence-corrected chi connectivity index (χ1v) is 8.36. The summed E-state index contributed by atoms with van der Waals surface area (Å²) < 4.78 is 0. The van der Waals surface area contributed by atoms with Gasteiger partial charge in [-0.05, 0) is 56.2 Å². The lowest BCUT2D eigenvalue weighted by molar-refractivity contribution is 0.0792. The number of hydrogen-bond acceptors (Lipinski definition) is 3. The molecule has 0 radical (unpaired) electrons. The molecular formula is C20H20N2O3. The standard InChI is InChI=1S/C20H20N2O3/c1-14(23)17-5-4-6-18(13-17)21-19(24)15-7-9-16(10-8-15)20(25)22-11-2-3-12-22/h4-10,13H,2-3,11-12H2,1H3,(H,21,24). The third-order valence-corrected chi connectivity index (χ3v) is 4.31. The van der Waals surface area contributed by atoms with E-state index in [-0.39, 0.29) is 17.6 Å². The molecule has 0 unspecified atom stereocenters. The van der Waals surface area contributed by atoms with Crippen molar-refractivity contribution >= 4 is 23.3 Å². The molecule has 0 aromatic heterocycles. The third kappa shape index (κ3) is 3.94. The Morgan fingerprint density at radius 3 is 2.16 bits per heavy atom. The van der Waals surface area contributed by atoms with Crippen molar-refractivity contribution in [2.45, 2.75) is 19.8 Å². The molecule has 5 heteroatoms. The van der Waals surface area contributed by atoms with Gasteiger partial charge < -0.3 is 10.2 Å². The van der Waals surface area contributed by atoms with Crippen LogP contribution in [0.3, 0.4) is 0 Å². The average molecular weight is 336 g/mol. The van der Waals surface area contributed by atoms with Gasteiger partial charge in [0.1, 0.15) is 0 Å². The Bertz CT molecular complexity index is 806. The van der Waals surface area contributed by atoms with Crippen LogP contribution in [-0.2, 0) is 0 Å². The predicted molar refractivity (Wildman–Crippen MR) is 96.0 cm³/mol. The lowest BCUT2D eigenvalue weighted by atomic mass is 10.1. The highest BCUT2D eigenvalue weighted by Gasteiger charge is 2.19. The van der Waals surface area contributed by atoms with Gasteiger partial charge in [0.15, 0.2) is 5.78 Å². The number of anilines is 1. The molecule has 128 valence electrons. The van der Waals surface area contributed by atoms with E-state index in [4.69, 9.17) is 0 Å². The van der Waals surface area contributed by atoms with Crippen LogP contribution in [0, 0.1) is 0 Å². The predicted octanol–water partition coefficient (Wildman–Crippen LogP) is 3.38. The SMILES string of the molecule is CC(=O)c1cccc(NC(=O)c2ccc(C(=O)N3CCCC3)cc2)c1. The van der Waals surface area contributed by atoms with Gasteiger partial charge in [-0.15, -0.1) is 0 Å². The zero-order valence-electron chi connectivity index (χ0n) is 14.1. The van der Waals surface area contributed by atoms with Crippen molar-refractivity contribution in [1.82, 2.24) is 4.90 Å². The highest BCUT2D eigenvalue weighted by molar-refractivity contribution is 6.05. The van der Waals surface area contributed by atoms with Crippen LogP contribution >= 0.6 is 0 Å². The van der Waals surface area contributed by atoms with Gasteiger partial charge in [-0.25, -0.2) is 0 Å². The minimum Gasteiger partial charge on any atom is -0.339 e. The second-order valence-corrected chi connectivity index (χ2v) is 6.17. The van der Waals surface area contributed by atoms with Crippen LogP contribution in [-0.4, -0.2) is 35.6 Å². The van der Waals surface area contributed by atoms with Crippen LogP contribution in [0.5, 0.6) is 0 Å². The van der Waals surface area contributed by atoms with Crippen molar-refractivity contribution in [1.29, 1.82) is 0 Å². The first-order valence-electron chi connectivity index (χ1n) is 8.36. The van der Waals surface area contributed by atoms with E-state index in [0.29, 0.717) is 22.4 Å². The molecule has 1 saturated heterocycles. The van der Waals surface area contributed by atoms with Gasteiger partial charge in [0.05, 0.1) is 0 Å². The number of carbonyl (C=O) groups is 3. The van der Waals surface area contributed by atoms with Gasteiger partial charge in [-0.2, -0.15) is 0 Å². The molecule has 2 aromatic carbocycles. The first kappa shape index (κ1) is 16.9. The molecule has 1 aliphatic heterocycles. The molecule has 0 bridgehead atoms. The summed E-state index contributed by atoms with van der Waals surface area (Å²) in [7, 11) is 0. The lowest BCUT2D eigenvalue weighted by Crippen LogP contribution is -2.27. The molecule has 5 nitrogen and oxygen atoms in total. The van der Waals surface area contributed by atoms with E-state index in [1.54, 1.807) is 48.5 Å². The van der Waals surface area contributed by atoms with Gasteiger partial charge in [0, 0.05) is 35.5 Å². The van der Waals surface area contributed by atoms with Crippen molar-refractivity contribution in [2.75, 3.05) is 18.4 Å². The Balaban J connectivity index is 1.69. The Morgan fingerprint density at radius 1 is 0.880 bits per heavy atom. The van der Waals surface area contributed by atoms with Gasteiger partial charge in [-0.3, -0.25) is 14.4 Å². The summed E-state index contributed by atoms with van der Waals surface area (Å²) in [4.78, 5) is 37.9. The summed E-state index contributed by atoms with van der Waals surface area (Å²) in [6.07, 6.45) is 2.09. The third-order valence-electron chi connectivity index (χ3n) is 4.31. The van der Waals surface area contributed by atoms with Crippen molar-refractivity contribution in [3.63, 3.8) is 0 Å². The Kier molecular flexibility index (Phi) is 4.93. The maximum absolute atomic E-state index is 12.3. The van der Waals surface area contributed by atoms with Crippen molar-refractivity contribution < 1.29 is 14.4 Å². The number of Topliss-reactive ketones (excluding diaryl/α,β-unsaturated/α-hetero) is 1. The highest BCUT2D eigenvalue weighted by atomic mass is 16.2. The lowest BCUT2D eigenvalue weighted by Gasteiger charge is -2.15. The molecule has 0 aliphatic carbocycles. The second kappa shape index (κ2) is 7.30. The molecule has 0 atom stereocenters. The van der Waals surface area contributed by atoms with E-state index in [1.807, 2.05) is 4.90 Å². The van der Waals surface area contributed by atoms with E-state index in [0.717, 1.165) is 25.9 Å². The number of benzene rings is 2. The second-order valence-electron chi connectivity index (χ2n) is 6.17. The summed E-state index contributed by atoms with van der Waals surface area (Å²) in [5.41, 5.74) is 2.17. The Hall–Kier alpha value is -2.95. The molecule has 0 saturated carbocycles. The van der Waals surface area contributed by atoms with E-state index < -0.39 is 0 Å². The number of ketones is 1. The van der Waals surface area contributed by atoms with Crippen LogP contribution in [0.15, 0.2) is 48.5 Å². The number of nitrogens with zero attached hydrogens (tertiary/aromatic N) is 1. The summed E-state index contributed by atoms with van der Waals surface area (Å²) in [5.74, 6) is -0.319. The van der Waals surface area contributed by atoms with Gasteiger partial charge >= 0.3 is 0 Å². The molecule has 2 amide bonds. The number of rotatable bonds is 4. The Labute approximate surface area is 146 Å². The zero-order chi connectivity index (χ0) is 17.8. The summed E-state index contributed by atoms with van der Waals surface area (Å²) in [6, 6.07) is 13.5. The molecular weight excluding hydrogens is 316 g/mol. The van der Waals surface area contributed by atoms with Gasteiger partial charge in [-0.1, -0.05) is 12.1 Å². The minimum absolute atomic E-state index is 0.0126. The van der Waals surface area contributed by atoms with Crippen LogP contribution in [0.1, 0.15) is 50.8 Å². The van der Waals surface area contributed by atoms with E-state index in [9.17, 15) is 14.4 Å². The number of amides is 2. The van der Waals surface area contributed by atoms with Crippen molar-refractivity contribution in [2.24, 2.45) is 0 Å². The van der Waals surface area contributed by atoms with Crippen molar-refractivity contribution in [3.05, 3.63) is 65.2 Å².